The predicted octanol–water partition coefficient (Wildman–Crippen LogP) is 18.3. The molecule has 0 amide bonds. The number of hydrogen-bond donors (Lipinski definition) is 0. The highest BCUT2D eigenvalue weighted by atomic mass is 14.3. The van der Waals surface area contributed by atoms with Gasteiger partial charge < -0.3 is 0 Å². The molecule has 0 saturated heterocycles. The molecule has 0 radical (unpaired) electrons. The van der Waals surface area contributed by atoms with Gasteiger partial charge in [0, 0.05) is 0 Å². The van der Waals surface area contributed by atoms with Gasteiger partial charge in [-0.1, -0.05) is 204 Å². The molecule has 0 aliphatic carbocycles. The molecule has 11 aromatic carbocycles. The fourth-order valence-corrected chi connectivity index (χ4v) is 11.0. The van der Waals surface area contributed by atoms with Crippen molar-refractivity contribution in [1.29, 1.82) is 0 Å². The average molecular weight is 803 g/mol. The fourth-order valence-electron chi connectivity index (χ4n) is 11.0. The normalized spacial score (nSPS) is 13.5. The minimum atomic E-state index is -0.000828. The van der Waals surface area contributed by atoms with Crippen molar-refractivity contribution in [2.75, 3.05) is 0 Å². The van der Waals surface area contributed by atoms with E-state index in [1.807, 2.05) is 0 Å². The Labute approximate surface area is 367 Å². The van der Waals surface area contributed by atoms with Gasteiger partial charge in [-0.05, 0) is 164 Å². The van der Waals surface area contributed by atoms with E-state index in [0.29, 0.717) is 0 Å². The van der Waals surface area contributed by atoms with Gasteiger partial charge >= 0.3 is 0 Å². The molecule has 0 heterocycles. The van der Waals surface area contributed by atoms with Crippen LogP contribution in [-0.4, -0.2) is 0 Å². The third kappa shape index (κ3) is 5.51. The summed E-state index contributed by atoms with van der Waals surface area (Å²) < 4.78 is 0. The molecule has 0 heteroatoms. The summed E-state index contributed by atoms with van der Waals surface area (Å²) in [7, 11) is 0. The molecule has 0 atom stereocenters. The SMILES string of the molecule is CC(C)(C)c1ccc(-c2c3ccccc3c3c4cc(C(C)(C)C)ccc4c4c5c(-c6ccc(C(C)(C)C)cc6)c6ccccc6c6c7cc(C(C)(C)C)ccc7c(c2c34)c56)cc1. The summed E-state index contributed by atoms with van der Waals surface area (Å²) in [5, 5.41) is 21.7. The van der Waals surface area contributed by atoms with Crippen molar-refractivity contribution >= 4 is 86.2 Å². The highest BCUT2D eigenvalue weighted by Gasteiger charge is 2.31. The summed E-state index contributed by atoms with van der Waals surface area (Å²) in [6, 6.07) is 52.5. The van der Waals surface area contributed by atoms with E-state index in [4.69, 9.17) is 0 Å². The average Bonchev–Trinajstić information content (AvgIpc) is 3.75. The lowest BCUT2D eigenvalue weighted by Gasteiger charge is -2.22. The molecule has 0 spiro atoms. The minimum Gasteiger partial charge on any atom is -0.0616 e. The lowest BCUT2D eigenvalue weighted by Crippen LogP contribution is -2.10. The zero-order chi connectivity index (χ0) is 43.4. The highest BCUT2D eigenvalue weighted by molar-refractivity contribution is 6.55. The van der Waals surface area contributed by atoms with Crippen molar-refractivity contribution in [3.05, 3.63) is 156 Å². The zero-order valence-corrected chi connectivity index (χ0v) is 38.7. The molecule has 0 unspecified atom stereocenters. The van der Waals surface area contributed by atoms with E-state index >= 15 is 0 Å². The first-order valence-electron chi connectivity index (χ1n) is 22.8. The summed E-state index contributed by atoms with van der Waals surface area (Å²) in [5.41, 5.74) is 10.8. The van der Waals surface area contributed by atoms with E-state index < -0.39 is 0 Å². The Morgan fingerprint density at radius 1 is 0.226 bits per heavy atom. The number of hydrogen-bond acceptors (Lipinski definition) is 0. The molecule has 0 saturated carbocycles. The van der Waals surface area contributed by atoms with Crippen molar-refractivity contribution < 1.29 is 0 Å². The maximum Gasteiger partial charge on any atom is -0.0000705 e. The molecule has 0 fully saturated rings. The Kier molecular flexibility index (Phi) is 8.03. The van der Waals surface area contributed by atoms with Gasteiger partial charge in [0.25, 0.3) is 0 Å². The molecule has 11 aromatic rings. The lowest BCUT2D eigenvalue weighted by molar-refractivity contribution is 0.590. The Balaban J connectivity index is 1.50. The van der Waals surface area contributed by atoms with Gasteiger partial charge in [-0.3, -0.25) is 0 Å². The van der Waals surface area contributed by atoms with E-state index in [-0.39, 0.29) is 21.7 Å². The van der Waals surface area contributed by atoms with Crippen LogP contribution in [0.25, 0.3) is 108 Å². The smallest absolute Gasteiger partial charge is 0.0000705 e. The fraction of sp³-hybridized carbons (Fsp3) is 0.258. The molecule has 0 aliphatic heterocycles. The third-order valence-corrected chi connectivity index (χ3v) is 14.4. The van der Waals surface area contributed by atoms with E-state index in [9.17, 15) is 0 Å². The van der Waals surface area contributed by atoms with E-state index in [1.165, 1.54) is 131 Å². The Morgan fingerprint density at radius 2 is 0.516 bits per heavy atom. The first-order valence-corrected chi connectivity index (χ1v) is 22.8. The van der Waals surface area contributed by atoms with Gasteiger partial charge in [0.05, 0.1) is 0 Å². The summed E-state index contributed by atoms with van der Waals surface area (Å²) in [5.74, 6) is 0. The molecule has 62 heavy (non-hydrogen) atoms. The first kappa shape index (κ1) is 38.9. The van der Waals surface area contributed by atoms with Gasteiger partial charge in [-0.15, -0.1) is 0 Å². The van der Waals surface area contributed by atoms with Gasteiger partial charge in [-0.2, -0.15) is 0 Å². The Morgan fingerprint density at radius 3 is 0.839 bits per heavy atom. The predicted molar refractivity (Wildman–Crippen MR) is 275 cm³/mol. The van der Waals surface area contributed by atoms with Crippen molar-refractivity contribution in [3.63, 3.8) is 0 Å². The first-order chi connectivity index (χ1) is 29.3. The maximum absolute atomic E-state index is 2.54. The highest BCUT2D eigenvalue weighted by Crippen LogP contribution is 2.59. The van der Waals surface area contributed by atoms with Crippen LogP contribution in [0.2, 0.25) is 0 Å². The van der Waals surface area contributed by atoms with Crippen LogP contribution in [0.15, 0.2) is 133 Å². The van der Waals surface area contributed by atoms with Crippen LogP contribution in [0, 0.1) is 0 Å². The standard InChI is InChI=1S/C62H58/c1-59(2,3)37-25-21-35(22-26-37)49-41-17-13-15-19-43(41)51-48-34-40(62(10,11)12)30-32-46(48)54-56-50(36-23-27-38(28-24-36)60(4,5)6)42-18-14-16-20-44(42)52-47-33-39(61(7,8)9)29-31-45(47)53(58(52)56)55(49)57(51)54/h13-34H,1-12H3. The quantitative estimate of drug-likeness (QED) is 0.153. The Bertz CT molecular complexity index is 3360. The van der Waals surface area contributed by atoms with Crippen molar-refractivity contribution in [3.8, 4) is 22.3 Å². The molecule has 0 aromatic heterocycles. The van der Waals surface area contributed by atoms with Crippen LogP contribution in [0.1, 0.15) is 105 Å². The second-order valence-electron chi connectivity index (χ2n) is 22.5. The molecule has 306 valence electrons. The summed E-state index contributed by atoms with van der Waals surface area (Å²) in [6.45, 7) is 28.0. The number of fused-ring (bicyclic) bond motifs is 12. The number of rotatable bonds is 2. The zero-order valence-electron chi connectivity index (χ0n) is 38.7. The summed E-state index contributed by atoms with van der Waals surface area (Å²) in [6.07, 6.45) is 0. The van der Waals surface area contributed by atoms with Crippen LogP contribution in [-0.2, 0) is 21.7 Å². The molecule has 11 rings (SSSR count). The topological polar surface area (TPSA) is 0 Å². The Hall–Kier alpha value is -5.98. The van der Waals surface area contributed by atoms with E-state index in [2.05, 4.69) is 217 Å². The minimum absolute atomic E-state index is 0.000828. The van der Waals surface area contributed by atoms with Crippen LogP contribution in [0.3, 0.4) is 0 Å². The van der Waals surface area contributed by atoms with E-state index in [1.54, 1.807) is 0 Å². The lowest BCUT2D eigenvalue weighted by atomic mass is 9.81. The second-order valence-corrected chi connectivity index (χ2v) is 22.5. The maximum atomic E-state index is 2.54. The van der Waals surface area contributed by atoms with E-state index in [0.717, 1.165) is 0 Å². The molecule has 0 aliphatic rings. The van der Waals surface area contributed by atoms with Crippen molar-refractivity contribution in [2.24, 2.45) is 0 Å². The monoisotopic (exact) mass is 802 g/mol. The van der Waals surface area contributed by atoms with Gasteiger partial charge in [0.2, 0.25) is 0 Å². The molecule has 0 bridgehead atoms. The molecular formula is C62H58. The van der Waals surface area contributed by atoms with Crippen molar-refractivity contribution in [2.45, 2.75) is 105 Å². The summed E-state index contributed by atoms with van der Waals surface area (Å²) in [4.78, 5) is 0. The van der Waals surface area contributed by atoms with Crippen LogP contribution in [0.5, 0.6) is 0 Å². The molecular weight excluding hydrogens is 745 g/mol. The van der Waals surface area contributed by atoms with Gasteiger partial charge in [0.1, 0.15) is 0 Å². The third-order valence-electron chi connectivity index (χ3n) is 14.4. The largest absolute Gasteiger partial charge is 0.0616 e. The van der Waals surface area contributed by atoms with Crippen molar-refractivity contribution in [1.82, 2.24) is 0 Å². The van der Waals surface area contributed by atoms with Crippen LogP contribution < -0.4 is 0 Å². The molecule has 0 N–H and O–H groups in total. The molecule has 0 nitrogen and oxygen atoms in total. The second kappa shape index (κ2) is 12.8. The summed E-state index contributed by atoms with van der Waals surface area (Å²) >= 11 is 0. The van der Waals surface area contributed by atoms with Crippen LogP contribution in [0.4, 0.5) is 0 Å². The van der Waals surface area contributed by atoms with Gasteiger partial charge in [-0.25, -0.2) is 0 Å². The number of benzene rings is 9. The van der Waals surface area contributed by atoms with Crippen LogP contribution >= 0.6 is 0 Å². The van der Waals surface area contributed by atoms with Gasteiger partial charge in [0.15, 0.2) is 0 Å².